The molecule has 4 heteroatoms. The molecular weight excluding hydrogens is 372 g/mol. The molecule has 4 nitrogen and oxygen atoms in total. The van der Waals surface area contributed by atoms with Crippen molar-refractivity contribution in [3.8, 4) is 6.01 Å². The van der Waals surface area contributed by atoms with E-state index < -0.39 is 5.97 Å². The normalized spacial score (nSPS) is 12.2. The van der Waals surface area contributed by atoms with Crippen LogP contribution in [-0.2, 0) is 11.2 Å². The highest BCUT2D eigenvalue weighted by molar-refractivity contribution is 5.83. The van der Waals surface area contributed by atoms with Gasteiger partial charge in [-0.1, -0.05) is 95.2 Å². The maximum atomic E-state index is 12.3. The van der Waals surface area contributed by atoms with Crippen molar-refractivity contribution in [3.63, 3.8) is 0 Å². The van der Waals surface area contributed by atoms with Gasteiger partial charge in [-0.15, -0.1) is 0 Å². The third-order valence-electron chi connectivity index (χ3n) is 5.25. The molecule has 0 saturated heterocycles. The van der Waals surface area contributed by atoms with Gasteiger partial charge in [0.2, 0.25) is 0 Å². The maximum absolute atomic E-state index is 12.3. The van der Waals surface area contributed by atoms with E-state index in [9.17, 15) is 4.79 Å². The summed E-state index contributed by atoms with van der Waals surface area (Å²) in [6.45, 7) is 4.41. The summed E-state index contributed by atoms with van der Waals surface area (Å²) >= 11 is 0. The number of carbonyl (C=O) groups is 1. The second-order valence-corrected chi connectivity index (χ2v) is 7.83. The van der Waals surface area contributed by atoms with Gasteiger partial charge in [0.25, 0.3) is 0 Å². The van der Waals surface area contributed by atoms with Gasteiger partial charge in [0.15, 0.2) is 0 Å². The number of aromatic nitrogens is 2. The van der Waals surface area contributed by atoms with Gasteiger partial charge >= 0.3 is 12.0 Å². The summed E-state index contributed by atoms with van der Waals surface area (Å²) < 4.78 is 5.29. The van der Waals surface area contributed by atoms with Gasteiger partial charge in [-0.25, -0.2) is 14.8 Å². The van der Waals surface area contributed by atoms with Crippen LogP contribution in [0.15, 0.2) is 54.9 Å². The lowest BCUT2D eigenvalue weighted by atomic mass is 9.92. The molecule has 1 aromatic carbocycles. The predicted molar refractivity (Wildman–Crippen MR) is 123 cm³/mol. The van der Waals surface area contributed by atoms with Crippen molar-refractivity contribution in [2.75, 3.05) is 0 Å². The zero-order valence-electron chi connectivity index (χ0n) is 18.6. The topological polar surface area (TPSA) is 52.1 Å². The van der Waals surface area contributed by atoms with Crippen LogP contribution in [0.4, 0.5) is 0 Å². The number of hydrogen-bond donors (Lipinski definition) is 0. The van der Waals surface area contributed by atoms with Crippen molar-refractivity contribution in [3.05, 3.63) is 66.0 Å². The number of benzene rings is 1. The molecule has 0 N–H and O–H groups in total. The minimum atomic E-state index is -0.430. The Morgan fingerprint density at radius 3 is 2.30 bits per heavy atom. The number of unbranched alkanes of at least 4 members (excludes halogenated alkanes) is 6. The van der Waals surface area contributed by atoms with E-state index in [-0.39, 0.29) is 11.9 Å². The molecule has 30 heavy (non-hydrogen) atoms. The van der Waals surface area contributed by atoms with E-state index >= 15 is 0 Å². The van der Waals surface area contributed by atoms with Crippen molar-refractivity contribution >= 4 is 5.97 Å². The average Bonchev–Trinajstić information content (AvgIpc) is 2.77. The van der Waals surface area contributed by atoms with Crippen LogP contribution in [-0.4, -0.2) is 15.9 Å². The smallest absolute Gasteiger partial charge is 0.338 e. The number of ether oxygens (including phenoxy) is 1. The van der Waals surface area contributed by atoms with Gasteiger partial charge in [-0.2, -0.15) is 0 Å². The fourth-order valence-corrected chi connectivity index (χ4v) is 3.46. The van der Waals surface area contributed by atoms with E-state index in [0.29, 0.717) is 0 Å². The Hall–Kier alpha value is -2.49. The van der Waals surface area contributed by atoms with Crippen LogP contribution in [0.5, 0.6) is 6.01 Å². The predicted octanol–water partition coefficient (Wildman–Crippen LogP) is 6.82. The Labute approximate surface area is 181 Å². The number of nitrogens with zero attached hydrogens (tertiary/aromatic N) is 2. The van der Waals surface area contributed by atoms with Gasteiger partial charge in [-0.3, -0.25) is 0 Å². The molecule has 0 fully saturated rings. The second-order valence-electron chi connectivity index (χ2n) is 7.83. The Kier molecular flexibility index (Phi) is 11.5. The molecule has 2 aromatic rings. The Bertz CT molecular complexity index is 741. The molecule has 0 aliphatic rings. The van der Waals surface area contributed by atoms with Crippen LogP contribution in [0.25, 0.3) is 0 Å². The Balaban J connectivity index is 1.89. The highest BCUT2D eigenvalue weighted by atomic mass is 16.5. The quantitative estimate of drug-likeness (QED) is 0.196. The summed E-state index contributed by atoms with van der Waals surface area (Å²) in [7, 11) is 0. The zero-order valence-corrected chi connectivity index (χ0v) is 18.6. The van der Waals surface area contributed by atoms with E-state index in [1.165, 1.54) is 50.2 Å². The van der Waals surface area contributed by atoms with Gasteiger partial charge < -0.3 is 4.74 Å². The standard InChI is InChI=1S/C26H36N2O2/c1-3-5-7-8-11-17-24(23-15-12-9-13-16-23)18-19-25(29)30-26-27-20-22(21-28-26)14-10-6-4-2/h9,12-13,15-16,18-21,24H,3-8,10-11,14,17H2,1-2H3. The first kappa shape index (κ1) is 23.8. The molecule has 162 valence electrons. The number of hydrogen-bond acceptors (Lipinski definition) is 4. The largest absolute Gasteiger partial charge is 0.388 e. The number of esters is 1. The summed E-state index contributed by atoms with van der Waals surface area (Å²) in [5, 5.41) is 0. The SMILES string of the molecule is CCCCCCCC(C=CC(=O)Oc1ncc(CCCCC)cn1)c1ccccc1. The molecule has 1 heterocycles. The number of rotatable bonds is 14. The molecule has 1 aromatic heterocycles. The molecule has 2 rings (SSSR count). The molecule has 1 atom stereocenters. The maximum Gasteiger partial charge on any atom is 0.338 e. The van der Waals surface area contributed by atoms with Crippen LogP contribution < -0.4 is 4.74 Å². The van der Waals surface area contributed by atoms with E-state index in [1.807, 2.05) is 24.3 Å². The van der Waals surface area contributed by atoms with E-state index in [4.69, 9.17) is 4.74 Å². The monoisotopic (exact) mass is 408 g/mol. The average molecular weight is 409 g/mol. The van der Waals surface area contributed by atoms with Crippen LogP contribution in [0.1, 0.15) is 88.7 Å². The van der Waals surface area contributed by atoms with E-state index in [1.54, 1.807) is 12.4 Å². The van der Waals surface area contributed by atoms with Crippen LogP contribution in [0.3, 0.4) is 0 Å². The summed E-state index contributed by atoms with van der Waals surface area (Å²) in [5.41, 5.74) is 2.30. The number of carbonyl (C=O) groups excluding carboxylic acids is 1. The second kappa shape index (κ2) is 14.5. The summed E-state index contributed by atoms with van der Waals surface area (Å²) in [5.74, 6) is -0.220. The van der Waals surface area contributed by atoms with Gasteiger partial charge in [0.05, 0.1) is 0 Å². The minimum absolute atomic E-state index is 0.111. The molecule has 0 aliphatic heterocycles. The molecule has 0 aliphatic carbocycles. The lowest BCUT2D eigenvalue weighted by molar-refractivity contribution is -0.129. The molecular formula is C26H36N2O2. The number of aryl methyl sites for hydroxylation is 1. The highest BCUT2D eigenvalue weighted by Gasteiger charge is 2.10. The van der Waals surface area contributed by atoms with Crippen molar-refractivity contribution in [2.24, 2.45) is 0 Å². The molecule has 0 saturated carbocycles. The van der Waals surface area contributed by atoms with Crippen LogP contribution in [0, 0.1) is 0 Å². The molecule has 0 amide bonds. The first-order chi connectivity index (χ1) is 14.7. The first-order valence-electron chi connectivity index (χ1n) is 11.5. The fraction of sp³-hybridized carbons (Fsp3) is 0.500. The summed E-state index contributed by atoms with van der Waals surface area (Å²) in [4.78, 5) is 20.6. The highest BCUT2D eigenvalue weighted by Crippen LogP contribution is 2.24. The third kappa shape index (κ3) is 9.34. The van der Waals surface area contributed by atoms with Crippen molar-refractivity contribution in [2.45, 2.75) is 84.0 Å². The molecule has 1 unspecified atom stereocenters. The molecule has 0 radical (unpaired) electrons. The molecule has 0 bridgehead atoms. The fourth-order valence-electron chi connectivity index (χ4n) is 3.46. The van der Waals surface area contributed by atoms with Crippen LogP contribution in [0.2, 0.25) is 0 Å². The lowest BCUT2D eigenvalue weighted by Gasteiger charge is -2.13. The number of allylic oxidation sites excluding steroid dienone is 1. The Morgan fingerprint density at radius 2 is 1.60 bits per heavy atom. The van der Waals surface area contributed by atoms with E-state index in [2.05, 4.69) is 35.9 Å². The van der Waals surface area contributed by atoms with Crippen molar-refractivity contribution in [1.82, 2.24) is 9.97 Å². The van der Waals surface area contributed by atoms with E-state index in [0.717, 1.165) is 31.2 Å². The Morgan fingerprint density at radius 1 is 0.933 bits per heavy atom. The van der Waals surface area contributed by atoms with Crippen molar-refractivity contribution < 1.29 is 9.53 Å². The summed E-state index contributed by atoms with van der Waals surface area (Å²) in [6, 6.07) is 10.4. The minimum Gasteiger partial charge on any atom is -0.388 e. The third-order valence-corrected chi connectivity index (χ3v) is 5.25. The van der Waals surface area contributed by atoms with Crippen LogP contribution >= 0.6 is 0 Å². The van der Waals surface area contributed by atoms with Gasteiger partial charge in [-0.05, 0) is 30.4 Å². The first-order valence-corrected chi connectivity index (χ1v) is 11.5. The molecule has 0 spiro atoms. The zero-order chi connectivity index (χ0) is 21.4. The van der Waals surface area contributed by atoms with Crippen molar-refractivity contribution in [1.29, 1.82) is 0 Å². The lowest BCUT2D eigenvalue weighted by Crippen LogP contribution is -2.08. The summed E-state index contributed by atoms with van der Waals surface area (Å²) in [6.07, 6.45) is 18.7. The van der Waals surface area contributed by atoms with Gasteiger partial charge in [0, 0.05) is 24.4 Å². The van der Waals surface area contributed by atoms with Gasteiger partial charge in [0.1, 0.15) is 0 Å².